The molecule has 2 rings (SSSR count). The summed E-state index contributed by atoms with van der Waals surface area (Å²) in [5, 5.41) is 8.48. The lowest BCUT2D eigenvalue weighted by molar-refractivity contribution is 0.0518. The van der Waals surface area contributed by atoms with E-state index in [4.69, 9.17) is 25.8 Å². The van der Waals surface area contributed by atoms with Crippen LogP contribution in [0.25, 0.3) is 10.9 Å². The van der Waals surface area contributed by atoms with Crippen molar-refractivity contribution in [1.82, 2.24) is 10.2 Å². The molecule has 0 saturated carbocycles. The van der Waals surface area contributed by atoms with Crippen LogP contribution in [0.2, 0.25) is 5.02 Å². The second-order valence-corrected chi connectivity index (χ2v) is 4.19. The molecule has 20 heavy (non-hydrogen) atoms. The first-order valence-electron chi connectivity index (χ1n) is 5.87. The standard InChI is InChI=1S/C13H13ClN2O4/c1-4-20-13(17)12-11(14)7-5-9(18-2)10(19-3)6-8(7)15-16-12/h5-6H,4H2,1-3H3. The lowest BCUT2D eigenvalue weighted by atomic mass is 10.2. The lowest BCUT2D eigenvalue weighted by Gasteiger charge is -2.10. The number of halogens is 1. The predicted molar refractivity (Wildman–Crippen MR) is 73.6 cm³/mol. The zero-order valence-electron chi connectivity index (χ0n) is 11.3. The maximum atomic E-state index is 11.7. The van der Waals surface area contributed by atoms with E-state index in [-0.39, 0.29) is 17.3 Å². The molecule has 0 aliphatic rings. The SMILES string of the molecule is CCOC(=O)c1nnc2cc(OC)c(OC)cc2c1Cl. The van der Waals surface area contributed by atoms with Crippen molar-refractivity contribution in [3.05, 3.63) is 22.8 Å². The Morgan fingerprint density at radius 1 is 1.20 bits per heavy atom. The maximum absolute atomic E-state index is 11.7. The number of rotatable bonds is 4. The molecule has 7 heteroatoms. The Balaban J connectivity index is 2.63. The van der Waals surface area contributed by atoms with Crippen LogP contribution in [0.5, 0.6) is 11.5 Å². The van der Waals surface area contributed by atoms with Crippen molar-refractivity contribution in [2.75, 3.05) is 20.8 Å². The highest BCUT2D eigenvalue weighted by Gasteiger charge is 2.19. The van der Waals surface area contributed by atoms with Crippen LogP contribution in [-0.4, -0.2) is 37.0 Å². The molecule has 0 saturated heterocycles. The second kappa shape index (κ2) is 5.92. The minimum atomic E-state index is -0.610. The average molecular weight is 297 g/mol. The molecular formula is C13H13ClN2O4. The molecule has 0 bridgehead atoms. The van der Waals surface area contributed by atoms with Gasteiger partial charge >= 0.3 is 5.97 Å². The highest BCUT2D eigenvalue weighted by Crippen LogP contribution is 2.35. The molecule has 1 heterocycles. The van der Waals surface area contributed by atoms with E-state index in [9.17, 15) is 4.79 Å². The minimum Gasteiger partial charge on any atom is -0.493 e. The van der Waals surface area contributed by atoms with Crippen LogP contribution in [0.3, 0.4) is 0 Å². The van der Waals surface area contributed by atoms with E-state index in [1.165, 1.54) is 14.2 Å². The molecule has 0 aliphatic heterocycles. The number of ether oxygens (including phenoxy) is 3. The number of esters is 1. The molecule has 0 unspecified atom stereocenters. The molecule has 0 aliphatic carbocycles. The summed E-state index contributed by atoms with van der Waals surface area (Å²) in [6.45, 7) is 1.94. The van der Waals surface area contributed by atoms with Crippen molar-refractivity contribution in [3.8, 4) is 11.5 Å². The number of methoxy groups -OCH3 is 2. The van der Waals surface area contributed by atoms with E-state index >= 15 is 0 Å². The Morgan fingerprint density at radius 2 is 1.85 bits per heavy atom. The number of hydrogen-bond acceptors (Lipinski definition) is 6. The summed E-state index contributed by atoms with van der Waals surface area (Å²) in [5.74, 6) is 0.389. The van der Waals surface area contributed by atoms with Gasteiger partial charge in [-0.2, -0.15) is 0 Å². The van der Waals surface area contributed by atoms with E-state index in [0.29, 0.717) is 22.4 Å². The van der Waals surface area contributed by atoms with Crippen molar-refractivity contribution in [2.45, 2.75) is 6.92 Å². The summed E-state index contributed by atoms with van der Waals surface area (Å²) in [7, 11) is 3.03. The predicted octanol–water partition coefficient (Wildman–Crippen LogP) is 2.48. The maximum Gasteiger partial charge on any atom is 0.360 e. The molecule has 1 aromatic carbocycles. The summed E-state index contributed by atoms with van der Waals surface area (Å²) in [6, 6.07) is 3.29. The number of carbonyl (C=O) groups is 1. The summed E-state index contributed by atoms with van der Waals surface area (Å²) < 4.78 is 15.2. The molecule has 0 N–H and O–H groups in total. The summed E-state index contributed by atoms with van der Waals surface area (Å²) >= 11 is 6.20. The average Bonchev–Trinajstić information content (AvgIpc) is 2.46. The summed E-state index contributed by atoms with van der Waals surface area (Å²) in [6.07, 6.45) is 0. The quantitative estimate of drug-likeness (QED) is 0.807. The van der Waals surface area contributed by atoms with Gasteiger partial charge in [0.25, 0.3) is 0 Å². The molecule has 0 atom stereocenters. The Morgan fingerprint density at radius 3 is 2.45 bits per heavy atom. The largest absolute Gasteiger partial charge is 0.493 e. The molecule has 0 fully saturated rings. The van der Waals surface area contributed by atoms with Gasteiger partial charge in [-0.05, 0) is 13.0 Å². The van der Waals surface area contributed by atoms with Crippen LogP contribution in [-0.2, 0) is 4.74 Å². The van der Waals surface area contributed by atoms with Gasteiger partial charge in [-0.1, -0.05) is 11.6 Å². The fraction of sp³-hybridized carbons (Fsp3) is 0.308. The van der Waals surface area contributed by atoms with Crippen LogP contribution < -0.4 is 9.47 Å². The van der Waals surface area contributed by atoms with Gasteiger partial charge in [0.15, 0.2) is 17.2 Å². The third-order valence-corrected chi connectivity index (χ3v) is 3.06. The summed E-state index contributed by atoms with van der Waals surface area (Å²) in [4.78, 5) is 11.7. The number of carbonyl (C=O) groups excluding carboxylic acids is 1. The van der Waals surface area contributed by atoms with Gasteiger partial charge in [0.1, 0.15) is 0 Å². The van der Waals surface area contributed by atoms with Gasteiger partial charge in [-0.25, -0.2) is 4.79 Å². The zero-order valence-corrected chi connectivity index (χ0v) is 12.0. The van der Waals surface area contributed by atoms with Gasteiger partial charge in [-0.15, -0.1) is 10.2 Å². The van der Waals surface area contributed by atoms with Gasteiger partial charge in [0, 0.05) is 11.5 Å². The van der Waals surface area contributed by atoms with Gasteiger partial charge < -0.3 is 14.2 Å². The first-order valence-corrected chi connectivity index (χ1v) is 6.25. The van der Waals surface area contributed by atoms with Gasteiger partial charge in [0.2, 0.25) is 0 Å². The molecule has 0 radical (unpaired) electrons. The van der Waals surface area contributed by atoms with Crippen molar-refractivity contribution >= 4 is 28.5 Å². The molecule has 1 aromatic heterocycles. The minimum absolute atomic E-state index is 0.0202. The Bertz CT molecular complexity index is 660. The van der Waals surface area contributed by atoms with E-state index in [1.54, 1.807) is 19.1 Å². The Hall–Kier alpha value is -2.08. The molecule has 106 valence electrons. The van der Waals surface area contributed by atoms with Crippen molar-refractivity contribution in [3.63, 3.8) is 0 Å². The number of hydrogen-bond donors (Lipinski definition) is 0. The van der Waals surface area contributed by atoms with Crippen molar-refractivity contribution in [2.24, 2.45) is 0 Å². The van der Waals surface area contributed by atoms with Crippen LogP contribution in [0.4, 0.5) is 0 Å². The van der Waals surface area contributed by atoms with Gasteiger partial charge in [-0.3, -0.25) is 0 Å². The third kappa shape index (κ3) is 2.46. The Labute approximate surface area is 120 Å². The van der Waals surface area contributed by atoms with Crippen LogP contribution in [0.1, 0.15) is 17.4 Å². The smallest absolute Gasteiger partial charge is 0.360 e. The fourth-order valence-electron chi connectivity index (χ4n) is 1.73. The second-order valence-electron chi connectivity index (χ2n) is 3.81. The van der Waals surface area contributed by atoms with E-state index in [2.05, 4.69) is 10.2 Å². The number of benzene rings is 1. The first-order chi connectivity index (χ1) is 9.62. The van der Waals surface area contributed by atoms with E-state index < -0.39 is 5.97 Å². The number of aromatic nitrogens is 2. The highest BCUT2D eigenvalue weighted by atomic mass is 35.5. The van der Waals surface area contributed by atoms with Crippen LogP contribution >= 0.6 is 11.6 Å². The van der Waals surface area contributed by atoms with E-state index in [1.807, 2.05) is 0 Å². The highest BCUT2D eigenvalue weighted by molar-refractivity contribution is 6.37. The van der Waals surface area contributed by atoms with Crippen molar-refractivity contribution < 1.29 is 19.0 Å². The molecule has 0 amide bonds. The fourth-order valence-corrected chi connectivity index (χ4v) is 2.00. The van der Waals surface area contributed by atoms with Crippen LogP contribution in [0, 0.1) is 0 Å². The first kappa shape index (κ1) is 14.3. The molecular weight excluding hydrogens is 284 g/mol. The zero-order chi connectivity index (χ0) is 14.7. The normalized spacial score (nSPS) is 10.4. The lowest BCUT2D eigenvalue weighted by Crippen LogP contribution is -2.09. The number of fused-ring (bicyclic) bond motifs is 1. The Kier molecular flexibility index (Phi) is 4.24. The molecule has 6 nitrogen and oxygen atoms in total. The third-order valence-electron chi connectivity index (χ3n) is 2.67. The van der Waals surface area contributed by atoms with E-state index in [0.717, 1.165) is 0 Å². The van der Waals surface area contributed by atoms with Crippen molar-refractivity contribution in [1.29, 1.82) is 0 Å². The topological polar surface area (TPSA) is 70.5 Å². The van der Waals surface area contributed by atoms with Crippen LogP contribution in [0.15, 0.2) is 12.1 Å². The molecule has 2 aromatic rings. The van der Waals surface area contributed by atoms with Gasteiger partial charge in [0.05, 0.1) is 31.4 Å². The molecule has 0 spiro atoms. The number of nitrogens with zero attached hydrogens (tertiary/aromatic N) is 2. The monoisotopic (exact) mass is 296 g/mol. The summed E-state index contributed by atoms with van der Waals surface area (Å²) in [5.41, 5.74) is 0.480.